The molecule has 132 valence electrons. The first-order valence-corrected chi connectivity index (χ1v) is 9.65. The highest BCUT2D eigenvalue weighted by molar-refractivity contribution is 7.19. The van der Waals surface area contributed by atoms with Crippen LogP contribution >= 0.6 is 11.3 Å². The van der Waals surface area contributed by atoms with Crippen LogP contribution in [-0.4, -0.2) is 37.1 Å². The fourth-order valence-electron chi connectivity index (χ4n) is 4.67. The number of benzene rings is 1. The van der Waals surface area contributed by atoms with Gasteiger partial charge in [0.2, 0.25) is 0 Å². The highest BCUT2D eigenvalue weighted by Crippen LogP contribution is 2.47. The monoisotopic (exact) mass is 356 g/mol. The van der Waals surface area contributed by atoms with Gasteiger partial charge in [-0.2, -0.15) is 0 Å². The van der Waals surface area contributed by atoms with Gasteiger partial charge >= 0.3 is 5.97 Å². The Morgan fingerprint density at radius 1 is 1.20 bits per heavy atom. The standard InChI is InChI=1S/C20H24N2O2S/c1-22-14-7-8-16(22)19(20(23)24-2)15(11-14)12-3-5-13(6-4-12)17-9-10-18(21)25-17/h3-6,9-10,14-16,19H,7-8,11,21H2,1-2H3/t14-,15+,16+,19-/m0/s1. The number of fused-ring (bicyclic) bond motifs is 2. The SMILES string of the molecule is COC(=O)[C@H]1[C@@H](c2ccc(-c3ccc(N)s3)cc2)C[C@@H]2CC[C@H]1N2C. The third-order valence-corrected chi connectivity index (χ3v) is 6.96. The maximum atomic E-state index is 12.5. The molecule has 25 heavy (non-hydrogen) atoms. The summed E-state index contributed by atoms with van der Waals surface area (Å²) in [5.41, 5.74) is 8.26. The Hall–Kier alpha value is -1.85. The highest BCUT2D eigenvalue weighted by atomic mass is 32.1. The van der Waals surface area contributed by atoms with E-state index in [0.717, 1.165) is 17.8 Å². The van der Waals surface area contributed by atoms with Crippen LogP contribution in [0.25, 0.3) is 10.4 Å². The van der Waals surface area contributed by atoms with Crippen LogP contribution in [0.1, 0.15) is 30.7 Å². The summed E-state index contributed by atoms with van der Waals surface area (Å²) in [6, 6.07) is 13.5. The van der Waals surface area contributed by atoms with Crippen molar-refractivity contribution in [2.24, 2.45) is 5.92 Å². The summed E-state index contributed by atoms with van der Waals surface area (Å²) < 4.78 is 5.16. The Morgan fingerprint density at radius 3 is 2.60 bits per heavy atom. The molecular formula is C20H24N2O2S. The van der Waals surface area contributed by atoms with Crippen LogP contribution in [0.3, 0.4) is 0 Å². The third-order valence-electron chi connectivity index (χ3n) is 5.99. The summed E-state index contributed by atoms with van der Waals surface area (Å²) >= 11 is 1.60. The summed E-state index contributed by atoms with van der Waals surface area (Å²) in [7, 11) is 3.66. The Balaban J connectivity index is 1.64. The molecule has 0 amide bonds. The lowest BCUT2D eigenvalue weighted by atomic mass is 9.76. The van der Waals surface area contributed by atoms with Crippen molar-refractivity contribution in [2.75, 3.05) is 19.9 Å². The molecule has 4 rings (SSSR count). The van der Waals surface area contributed by atoms with Crippen molar-refractivity contribution in [1.29, 1.82) is 0 Å². The predicted octanol–water partition coefficient (Wildman–Crippen LogP) is 3.74. The van der Waals surface area contributed by atoms with Gasteiger partial charge in [-0.15, -0.1) is 11.3 Å². The second kappa shape index (κ2) is 6.46. The van der Waals surface area contributed by atoms with Crippen LogP contribution in [0.4, 0.5) is 5.00 Å². The number of ether oxygens (including phenoxy) is 1. The number of methoxy groups -OCH3 is 1. The first-order valence-electron chi connectivity index (χ1n) is 8.84. The quantitative estimate of drug-likeness (QED) is 0.851. The van der Waals surface area contributed by atoms with Crippen molar-refractivity contribution >= 4 is 22.3 Å². The van der Waals surface area contributed by atoms with E-state index < -0.39 is 0 Å². The molecule has 0 spiro atoms. The van der Waals surface area contributed by atoms with Crippen LogP contribution in [0, 0.1) is 5.92 Å². The van der Waals surface area contributed by atoms with Crippen molar-refractivity contribution in [3.63, 3.8) is 0 Å². The average molecular weight is 356 g/mol. The molecular weight excluding hydrogens is 332 g/mol. The molecule has 2 saturated heterocycles. The molecule has 0 saturated carbocycles. The number of nitrogen functional groups attached to an aromatic ring is 1. The molecule has 4 nitrogen and oxygen atoms in total. The second-order valence-corrected chi connectivity index (χ2v) is 8.29. The smallest absolute Gasteiger partial charge is 0.310 e. The Labute approximate surface area is 152 Å². The molecule has 4 atom stereocenters. The van der Waals surface area contributed by atoms with Crippen molar-refractivity contribution in [3.8, 4) is 10.4 Å². The zero-order valence-corrected chi connectivity index (χ0v) is 15.5. The number of hydrogen-bond acceptors (Lipinski definition) is 5. The topological polar surface area (TPSA) is 55.6 Å². The van der Waals surface area contributed by atoms with Crippen molar-refractivity contribution in [2.45, 2.75) is 37.3 Å². The van der Waals surface area contributed by atoms with Crippen LogP contribution < -0.4 is 5.73 Å². The van der Waals surface area contributed by atoms with E-state index in [0.29, 0.717) is 12.1 Å². The summed E-state index contributed by atoms with van der Waals surface area (Å²) in [5.74, 6) is 0.0953. The van der Waals surface area contributed by atoms with Gasteiger partial charge in [0.05, 0.1) is 18.0 Å². The summed E-state index contributed by atoms with van der Waals surface area (Å²) in [4.78, 5) is 16.1. The van der Waals surface area contributed by atoms with Gasteiger partial charge in [-0.3, -0.25) is 9.69 Å². The van der Waals surface area contributed by atoms with Gasteiger partial charge in [-0.1, -0.05) is 24.3 Å². The van der Waals surface area contributed by atoms with Gasteiger partial charge < -0.3 is 10.5 Å². The maximum absolute atomic E-state index is 12.5. The average Bonchev–Trinajstić information content (AvgIpc) is 3.14. The number of rotatable bonds is 3. The van der Waals surface area contributed by atoms with E-state index in [9.17, 15) is 4.79 Å². The number of thiophene rings is 1. The molecule has 2 aromatic rings. The van der Waals surface area contributed by atoms with Gasteiger partial charge in [-0.05, 0) is 49.6 Å². The number of nitrogens with two attached hydrogens (primary N) is 1. The number of piperidine rings is 1. The predicted molar refractivity (Wildman–Crippen MR) is 102 cm³/mol. The Morgan fingerprint density at radius 2 is 1.96 bits per heavy atom. The van der Waals surface area contributed by atoms with Gasteiger partial charge in [-0.25, -0.2) is 0 Å². The molecule has 2 fully saturated rings. The van der Waals surface area contributed by atoms with E-state index in [1.54, 1.807) is 11.3 Å². The molecule has 3 heterocycles. The van der Waals surface area contributed by atoms with E-state index in [2.05, 4.69) is 42.3 Å². The highest BCUT2D eigenvalue weighted by Gasteiger charge is 2.49. The fourth-order valence-corrected chi connectivity index (χ4v) is 5.45. The molecule has 5 heteroatoms. The normalized spacial score (nSPS) is 28.9. The minimum Gasteiger partial charge on any atom is -0.469 e. The lowest BCUT2D eigenvalue weighted by Gasteiger charge is -2.41. The number of nitrogens with zero attached hydrogens (tertiary/aromatic N) is 1. The van der Waals surface area contributed by atoms with E-state index >= 15 is 0 Å². The number of hydrogen-bond donors (Lipinski definition) is 1. The van der Waals surface area contributed by atoms with Crippen LogP contribution in [-0.2, 0) is 9.53 Å². The summed E-state index contributed by atoms with van der Waals surface area (Å²) in [6.45, 7) is 0. The maximum Gasteiger partial charge on any atom is 0.310 e. The molecule has 2 bridgehead atoms. The Bertz CT molecular complexity index is 770. The molecule has 0 radical (unpaired) electrons. The molecule has 0 aliphatic carbocycles. The fraction of sp³-hybridized carbons (Fsp3) is 0.450. The minimum absolute atomic E-state index is 0.0719. The molecule has 1 aromatic carbocycles. The number of esters is 1. The number of anilines is 1. The lowest BCUT2D eigenvalue weighted by molar-refractivity contribution is -0.150. The largest absolute Gasteiger partial charge is 0.469 e. The van der Waals surface area contributed by atoms with Gasteiger partial charge in [0.25, 0.3) is 0 Å². The summed E-state index contributed by atoms with van der Waals surface area (Å²) in [6.07, 6.45) is 3.29. The minimum atomic E-state index is -0.0722. The van der Waals surface area contributed by atoms with Crippen molar-refractivity contribution < 1.29 is 9.53 Å². The van der Waals surface area contributed by atoms with Crippen LogP contribution in [0.2, 0.25) is 0 Å². The van der Waals surface area contributed by atoms with Crippen molar-refractivity contribution in [1.82, 2.24) is 4.90 Å². The first-order chi connectivity index (χ1) is 12.1. The molecule has 2 N–H and O–H groups in total. The van der Waals surface area contributed by atoms with Crippen LogP contribution in [0.15, 0.2) is 36.4 Å². The lowest BCUT2D eigenvalue weighted by Crippen LogP contribution is -2.49. The third kappa shape index (κ3) is 2.85. The van der Waals surface area contributed by atoms with Crippen LogP contribution in [0.5, 0.6) is 0 Å². The Kier molecular flexibility index (Phi) is 4.29. The first kappa shape index (κ1) is 16.6. The van der Waals surface area contributed by atoms with E-state index in [1.807, 2.05) is 6.07 Å². The number of carbonyl (C=O) groups is 1. The van der Waals surface area contributed by atoms with E-state index in [4.69, 9.17) is 10.5 Å². The van der Waals surface area contributed by atoms with E-state index in [-0.39, 0.29) is 17.8 Å². The molecule has 2 aliphatic heterocycles. The zero-order chi connectivity index (χ0) is 17.6. The molecule has 1 aromatic heterocycles. The number of carbonyl (C=O) groups excluding carboxylic acids is 1. The van der Waals surface area contributed by atoms with Gasteiger partial charge in [0.1, 0.15) is 0 Å². The molecule has 0 unspecified atom stereocenters. The summed E-state index contributed by atoms with van der Waals surface area (Å²) in [5, 5.41) is 0.830. The van der Waals surface area contributed by atoms with Gasteiger partial charge in [0.15, 0.2) is 0 Å². The molecule has 2 aliphatic rings. The second-order valence-electron chi connectivity index (χ2n) is 7.18. The van der Waals surface area contributed by atoms with E-state index in [1.165, 1.54) is 29.5 Å². The van der Waals surface area contributed by atoms with Crippen molar-refractivity contribution in [3.05, 3.63) is 42.0 Å². The van der Waals surface area contributed by atoms with Gasteiger partial charge in [0, 0.05) is 22.9 Å². The zero-order valence-electron chi connectivity index (χ0n) is 14.6.